The molecule has 3 heterocycles. The Morgan fingerprint density at radius 2 is 1.87 bits per heavy atom. The summed E-state index contributed by atoms with van der Waals surface area (Å²) in [4.78, 5) is 13.0. The van der Waals surface area contributed by atoms with Crippen LogP contribution in [0.15, 0.2) is 59.3 Å². The molecule has 1 fully saturated rings. The lowest BCUT2D eigenvalue weighted by molar-refractivity contribution is 0.0454. The van der Waals surface area contributed by atoms with Crippen molar-refractivity contribution >= 4 is 0 Å². The maximum atomic E-state index is 9.54. The van der Waals surface area contributed by atoms with Crippen LogP contribution in [0.2, 0.25) is 0 Å². The van der Waals surface area contributed by atoms with Gasteiger partial charge in [0.1, 0.15) is 17.3 Å². The maximum Gasteiger partial charge on any atom is 0.321 e. The third-order valence-corrected chi connectivity index (χ3v) is 5.39. The molecule has 158 valence electrons. The van der Waals surface area contributed by atoms with Crippen LogP contribution < -0.4 is 4.74 Å². The second-order valence-electron chi connectivity index (χ2n) is 7.66. The van der Waals surface area contributed by atoms with Gasteiger partial charge in [0.05, 0.1) is 6.54 Å². The van der Waals surface area contributed by atoms with Gasteiger partial charge in [0.2, 0.25) is 0 Å². The molecule has 30 heavy (non-hydrogen) atoms. The SMILES string of the molecule is Cc1ccc(CN2CCN(Cc3ccc(Oc4ncccn4)cc3)CC2CCO)o1. The van der Waals surface area contributed by atoms with Crippen LogP contribution in [0.1, 0.15) is 23.5 Å². The van der Waals surface area contributed by atoms with Crippen LogP contribution in [0.5, 0.6) is 11.8 Å². The van der Waals surface area contributed by atoms with E-state index in [1.807, 2.05) is 31.2 Å². The van der Waals surface area contributed by atoms with E-state index in [1.165, 1.54) is 5.56 Å². The van der Waals surface area contributed by atoms with Crippen LogP contribution >= 0.6 is 0 Å². The molecule has 7 nitrogen and oxygen atoms in total. The Balaban J connectivity index is 1.33. The van der Waals surface area contributed by atoms with Crippen LogP contribution in [-0.2, 0) is 13.1 Å². The molecule has 7 heteroatoms. The third-order valence-electron chi connectivity index (χ3n) is 5.39. The molecule has 1 unspecified atom stereocenters. The summed E-state index contributed by atoms with van der Waals surface area (Å²) in [7, 11) is 0. The zero-order valence-electron chi connectivity index (χ0n) is 17.3. The second-order valence-corrected chi connectivity index (χ2v) is 7.66. The fourth-order valence-corrected chi connectivity index (χ4v) is 3.87. The predicted octanol–water partition coefficient (Wildman–Crippen LogP) is 3.24. The van der Waals surface area contributed by atoms with Crippen molar-refractivity contribution < 1.29 is 14.3 Å². The molecule has 3 aromatic rings. The highest BCUT2D eigenvalue weighted by Gasteiger charge is 2.27. The van der Waals surface area contributed by atoms with Crippen molar-refractivity contribution in [2.45, 2.75) is 32.5 Å². The van der Waals surface area contributed by atoms with E-state index in [1.54, 1.807) is 18.5 Å². The lowest BCUT2D eigenvalue weighted by atomic mass is 10.1. The number of aryl methyl sites for hydroxylation is 1. The minimum Gasteiger partial charge on any atom is -0.465 e. The fourth-order valence-electron chi connectivity index (χ4n) is 3.87. The topological polar surface area (TPSA) is 74.9 Å². The van der Waals surface area contributed by atoms with Crippen molar-refractivity contribution in [3.05, 3.63) is 71.9 Å². The Kier molecular flexibility index (Phi) is 6.74. The number of piperazine rings is 1. The Hall–Kier alpha value is -2.74. The van der Waals surface area contributed by atoms with Crippen molar-refractivity contribution in [3.8, 4) is 11.8 Å². The predicted molar refractivity (Wildman–Crippen MR) is 113 cm³/mol. The molecule has 2 aromatic heterocycles. The third kappa shape index (κ3) is 5.44. The smallest absolute Gasteiger partial charge is 0.321 e. The molecule has 0 amide bonds. The molecule has 4 rings (SSSR count). The fraction of sp³-hybridized carbons (Fsp3) is 0.391. The lowest BCUT2D eigenvalue weighted by Gasteiger charge is -2.41. The molecular weight excluding hydrogens is 380 g/mol. The number of hydrogen-bond donors (Lipinski definition) is 1. The average Bonchev–Trinajstić information content (AvgIpc) is 3.17. The van der Waals surface area contributed by atoms with Crippen molar-refractivity contribution in [3.63, 3.8) is 0 Å². The highest BCUT2D eigenvalue weighted by Crippen LogP contribution is 2.21. The maximum absolute atomic E-state index is 9.54. The summed E-state index contributed by atoms with van der Waals surface area (Å²) in [5.74, 6) is 2.65. The quantitative estimate of drug-likeness (QED) is 0.613. The summed E-state index contributed by atoms with van der Waals surface area (Å²) in [6, 6.07) is 14.5. The highest BCUT2D eigenvalue weighted by molar-refractivity contribution is 5.29. The zero-order chi connectivity index (χ0) is 20.8. The molecule has 0 aliphatic carbocycles. The van der Waals surface area contributed by atoms with Crippen molar-refractivity contribution in [2.75, 3.05) is 26.2 Å². The zero-order valence-corrected chi connectivity index (χ0v) is 17.3. The van der Waals surface area contributed by atoms with Crippen LogP contribution in [0.25, 0.3) is 0 Å². The van der Waals surface area contributed by atoms with Gasteiger partial charge >= 0.3 is 6.01 Å². The molecular formula is C23H28N4O3. The summed E-state index contributed by atoms with van der Waals surface area (Å²) in [5, 5.41) is 9.54. The van der Waals surface area contributed by atoms with E-state index in [0.29, 0.717) is 12.1 Å². The molecule has 1 atom stereocenters. The van der Waals surface area contributed by atoms with Gasteiger partial charge in [-0.15, -0.1) is 0 Å². The number of furan rings is 1. The van der Waals surface area contributed by atoms with Gasteiger partial charge in [-0.05, 0) is 49.2 Å². The first-order valence-corrected chi connectivity index (χ1v) is 10.4. The van der Waals surface area contributed by atoms with Gasteiger partial charge in [-0.2, -0.15) is 0 Å². The van der Waals surface area contributed by atoms with E-state index in [9.17, 15) is 5.11 Å². The number of ether oxygens (including phenoxy) is 1. The van der Waals surface area contributed by atoms with Gasteiger partial charge < -0.3 is 14.3 Å². The number of hydrogen-bond acceptors (Lipinski definition) is 7. The number of aliphatic hydroxyl groups is 1. The first-order valence-electron chi connectivity index (χ1n) is 10.4. The Bertz CT molecular complexity index is 914. The van der Waals surface area contributed by atoms with Crippen LogP contribution in [0.4, 0.5) is 0 Å². The van der Waals surface area contributed by atoms with Crippen molar-refractivity contribution in [1.29, 1.82) is 0 Å². The average molecular weight is 409 g/mol. The van der Waals surface area contributed by atoms with Gasteiger partial charge in [0, 0.05) is 51.2 Å². The van der Waals surface area contributed by atoms with Gasteiger partial charge in [-0.25, -0.2) is 9.97 Å². The molecule has 1 aliphatic heterocycles. The van der Waals surface area contributed by atoms with Crippen LogP contribution in [0.3, 0.4) is 0 Å². The summed E-state index contributed by atoms with van der Waals surface area (Å²) in [6.45, 7) is 6.69. The van der Waals surface area contributed by atoms with E-state index in [2.05, 4.69) is 31.9 Å². The number of nitrogens with zero attached hydrogens (tertiary/aromatic N) is 4. The van der Waals surface area contributed by atoms with E-state index < -0.39 is 0 Å². The first kappa shape index (κ1) is 20.5. The van der Waals surface area contributed by atoms with Crippen LogP contribution in [0, 0.1) is 6.92 Å². The van der Waals surface area contributed by atoms with Gasteiger partial charge in [0.25, 0.3) is 0 Å². The molecule has 0 spiro atoms. The molecule has 1 aromatic carbocycles. The number of aromatic nitrogens is 2. The molecule has 1 aliphatic rings. The van der Waals surface area contributed by atoms with Gasteiger partial charge in [0.15, 0.2) is 0 Å². The highest BCUT2D eigenvalue weighted by atomic mass is 16.5. The summed E-state index contributed by atoms with van der Waals surface area (Å²) in [6.07, 6.45) is 4.08. The number of rotatable bonds is 8. The van der Waals surface area contributed by atoms with Crippen LogP contribution in [-0.4, -0.2) is 57.2 Å². The normalized spacial score (nSPS) is 17.9. The van der Waals surface area contributed by atoms with E-state index in [0.717, 1.165) is 56.4 Å². The molecule has 1 N–H and O–H groups in total. The van der Waals surface area contributed by atoms with E-state index in [-0.39, 0.29) is 6.61 Å². The largest absolute Gasteiger partial charge is 0.465 e. The standard InChI is InChI=1S/C23H28N4O3/c1-18-3-6-22(29-18)17-27-13-12-26(16-20(27)9-14-28)15-19-4-7-21(8-5-19)30-23-24-10-2-11-25-23/h2-8,10-11,20,28H,9,12-17H2,1H3. The number of aliphatic hydroxyl groups excluding tert-OH is 1. The Morgan fingerprint density at radius 1 is 1.07 bits per heavy atom. The first-order chi connectivity index (χ1) is 14.7. The van der Waals surface area contributed by atoms with Gasteiger partial charge in [-0.1, -0.05) is 12.1 Å². The minimum absolute atomic E-state index is 0.194. The van der Waals surface area contributed by atoms with Gasteiger partial charge in [-0.3, -0.25) is 9.80 Å². The number of benzene rings is 1. The minimum atomic E-state index is 0.194. The van der Waals surface area contributed by atoms with E-state index in [4.69, 9.17) is 9.15 Å². The summed E-state index contributed by atoms with van der Waals surface area (Å²) >= 11 is 0. The molecule has 0 bridgehead atoms. The van der Waals surface area contributed by atoms with Crippen molar-refractivity contribution in [1.82, 2.24) is 19.8 Å². The van der Waals surface area contributed by atoms with E-state index >= 15 is 0 Å². The molecule has 1 saturated heterocycles. The second kappa shape index (κ2) is 9.84. The lowest BCUT2D eigenvalue weighted by Crippen LogP contribution is -2.52. The Morgan fingerprint density at radius 3 is 2.57 bits per heavy atom. The monoisotopic (exact) mass is 408 g/mol. The van der Waals surface area contributed by atoms with Crippen molar-refractivity contribution in [2.24, 2.45) is 0 Å². The molecule has 0 radical (unpaired) electrons. The molecule has 0 saturated carbocycles. The summed E-state index contributed by atoms with van der Waals surface area (Å²) in [5.41, 5.74) is 1.23. The Labute approximate surface area is 176 Å². The summed E-state index contributed by atoms with van der Waals surface area (Å²) < 4.78 is 11.4.